The van der Waals surface area contributed by atoms with Gasteiger partial charge in [0.1, 0.15) is 0 Å². The summed E-state index contributed by atoms with van der Waals surface area (Å²) in [6.07, 6.45) is 1.49. The number of anilines is 1. The third-order valence-corrected chi connectivity index (χ3v) is 1.43. The molecule has 0 spiro atoms. The lowest BCUT2D eigenvalue weighted by atomic mass is 10.3. The van der Waals surface area contributed by atoms with Crippen LogP contribution in [0, 0.1) is 0 Å². The maximum Gasteiger partial charge on any atom is 0.195 e. The lowest BCUT2D eigenvalue weighted by Gasteiger charge is -1.85. The molecule has 2 aromatic rings. The molecule has 0 saturated carbocycles. The van der Waals surface area contributed by atoms with Crippen LogP contribution >= 0.6 is 0 Å². The van der Waals surface area contributed by atoms with Crippen molar-refractivity contribution in [3.63, 3.8) is 0 Å². The first-order chi connectivity index (χ1) is 5.29. The zero-order valence-electron chi connectivity index (χ0n) is 5.53. The average molecular weight is 152 g/mol. The van der Waals surface area contributed by atoms with Gasteiger partial charge in [-0.3, -0.25) is 0 Å². The molecule has 5 heteroatoms. The Balaban J connectivity index is 2.95. The fraction of sp³-hybridized carbons (Fsp3) is 0. The molecule has 0 saturated heterocycles. The Kier molecular flexibility index (Phi) is 1.06. The molecule has 0 aliphatic heterocycles. The molecule has 0 radical (unpaired) electrons. The molecule has 0 bridgehead atoms. The fourth-order valence-electron chi connectivity index (χ4n) is 0.940. The SMILES string of the molecule is Nc1nn(F)c2ncccc12. The number of nitrogens with zero attached hydrogens (tertiary/aromatic N) is 3. The van der Waals surface area contributed by atoms with Crippen molar-refractivity contribution in [2.24, 2.45) is 0 Å². The van der Waals surface area contributed by atoms with E-state index in [9.17, 15) is 4.48 Å². The highest BCUT2D eigenvalue weighted by Gasteiger charge is 2.06. The van der Waals surface area contributed by atoms with E-state index in [2.05, 4.69) is 10.1 Å². The molecular weight excluding hydrogens is 147 g/mol. The summed E-state index contributed by atoms with van der Waals surface area (Å²) in [6, 6.07) is 3.35. The van der Waals surface area contributed by atoms with Gasteiger partial charge in [0.05, 0.1) is 5.39 Å². The van der Waals surface area contributed by atoms with Crippen molar-refractivity contribution in [2.75, 3.05) is 5.73 Å². The van der Waals surface area contributed by atoms with Crippen LogP contribution in [0.15, 0.2) is 18.3 Å². The summed E-state index contributed by atoms with van der Waals surface area (Å²) in [7, 11) is 0. The minimum atomic E-state index is 0.157. The number of rotatable bonds is 0. The summed E-state index contributed by atoms with van der Waals surface area (Å²) < 4.78 is 12.7. The third-order valence-electron chi connectivity index (χ3n) is 1.43. The van der Waals surface area contributed by atoms with Gasteiger partial charge in [-0.1, -0.05) is 9.39 Å². The van der Waals surface area contributed by atoms with E-state index in [0.717, 1.165) is 0 Å². The number of fused-ring (bicyclic) bond motifs is 1. The maximum absolute atomic E-state index is 12.7. The molecule has 0 atom stereocenters. The molecule has 0 unspecified atom stereocenters. The molecule has 11 heavy (non-hydrogen) atoms. The van der Waals surface area contributed by atoms with E-state index in [4.69, 9.17) is 5.73 Å². The first-order valence-corrected chi connectivity index (χ1v) is 3.04. The summed E-state index contributed by atoms with van der Waals surface area (Å²) in [5.41, 5.74) is 5.52. The first kappa shape index (κ1) is 6.09. The van der Waals surface area contributed by atoms with Gasteiger partial charge in [0.2, 0.25) is 0 Å². The van der Waals surface area contributed by atoms with Crippen LogP contribution in [0.2, 0.25) is 0 Å². The normalized spacial score (nSPS) is 10.6. The Morgan fingerprint density at radius 1 is 1.55 bits per heavy atom. The second-order valence-electron chi connectivity index (χ2n) is 2.12. The number of nitrogens with two attached hydrogens (primary N) is 1. The van der Waals surface area contributed by atoms with E-state index in [1.54, 1.807) is 12.1 Å². The highest BCUT2D eigenvalue weighted by atomic mass is 19.2. The van der Waals surface area contributed by atoms with E-state index >= 15 is 0 Å². The number of hydrogen-bond acceptors (Lipinski definition) is 3. The minimum absolute atomic E-state index is 0.157. The van der Waals surface area contributed by atoms with Crippen molar-refractivity contribution >= 4 is 16.9 Å². The molecule has 2 aromatic heterocycles. The van der Waals surface area contributed by atoms with E-state index in [0.29, 0.717) is 5.39 Å². The summed E-state index contributed by atoms with van der Waals surface area (Å²) in [6.45, 7) is 0. The lowest BCUT2D eigenvalue weighted by Crippen LogP contribution is -1.87. The van der Waals surface area contributed by atoms with Crippen LogP contribution in [-0.2, 0) is 0 Å². The van der Waals surface area contributed by atoms with Crippen LogP contribution in [0.1, 0.15) is 0 Å². The zero-order valence-corrected chi connectivity index (χ0v) is 5.53. The smallest absolute Gasteiger partial charge is 0.195 e. The summed E-state index contributed by atoms with van der Waals surface area (Å²) >= 11 is 0. The molecular formula is C6H5FN4. The van der Waals surface area contributed by atoms with Crippen LogP contribution in [0.4, 0.5) is 10.3 Å². The Labute approximate surface area is 61.4 Å². The predicted molar refractivity (Wildman–Crippen MR) is 38.4 cm³/mol. The highest BCUT2D eigenvalue weighted by molar-refractivity contribution is 5.85. The van der Waals surface area contributed by atoms with Crippen molar-refractivity contribution in [1.29, 1.82) is 0 Å². The number of nitrogen functional groups attached to an aromatic ring is 1. The van der Waals surface area contributed by atoms with Crippen molar-refractivity contribution in [3.8, 4) is 0 Å². The first-order valence-electron chi connectivity index (χ1n) is 3.04. The lowest BCUT2D eigenvalue weighted by molar-refractivity contribution is 0.331. The van der Waals surface area contributed by atoms with Crippen LogP contribution in [0.5, 0.6) is 0 Å². The van der Waals surface area contributed by atoms with Crippen LogP contribution in [0.25, 0.3) is 11.0 Å². The van der Waals surface area contributed by atoms with Gasteiger partial charge in [0, 0.05) is 6.20 Å². The van der Waals surface area contributed by atoms with Gasteiger partial charge in [-0.15, -0.1) is 5.10 Å². The van der Waals surface area contributed by atoms with E-state index in [-0.39, 0.29) is 16.4 Å². The molecule has 0 aliphatic carbocycles. The minimum Gasteiger partial charge on any atom is -0.382 e. The molecule has 4 nitrogen and oxygen atoms in total. The third kappa shape index (κ3) is 0.739. The number of pyridine rings is 1. The van der Waals surface area contributed by atoms with Crippen LogP contribution < -0.4 is 5.73 Å². The van der Waals surface area contributed by atoms with Gasteiger partial charge in [-0.05, 0) is 12.1 Å². The summed E-state index contributed by atoms with van der Waals surface area (Å²) in [5, 5.41) is 3.89. The van der Waals surface area contributed by atoms with Crippen molar-refractivity contribution in [3.05, 3.63) is 18.3 Å². The largest absolute Gasteiger partial charge is 0.382 e. The average Bonchev–Trinajstić information content (AvgIpc) is 2.30. The molecule has 2 N–H and O–H groups in total. The monoisotopic (exact) mass is 152 g/mol. The topological polar surface area (TPSA) is 56.7 Å². The van der Waals surface area contributed by atoms with Gasteiger partial charge in [0.15, 0.2) is 11.5 Å². The van der Waals surface area contributed by atoms with Gasteiger partial charge in [-0.25, -0.2) is 4.98 Å². The highest BCUT2D eigenvalue weighted by Crippen LogP contribution is 2.16. The van der Waals surface area contributed by atoms with E-state index in [1.165, 1.54) is 6.20 Å². The van der Waals surface area contributed by atoms with Crippen molar-refractivity contribution in [1.82, 2.24) is 15.0 Å². The Bertz CT molecular complexity index is 358. The molecule has 2 rings (SSSR count). The van der Waals surface area contributed by atoms with Gasteiger partial charge in [-0.2, -0.15) is 0 Å². The summed E-state index contributed by atoms with van der Waals surface area (Å²) in [5.74, 6) is 0.163. The molecule has 0 aromatic carbocycles. The number of aromatic nitrogens is 3. The maximum atomic E-state index is 12.7. The van der Waals surface area contributed by atoms with Gasteiger partial charge in [0.25, 0.3) is 0 Å². The summed E-state index contributed by atoms with van der Waals surface area (Å²) in [4.78, 5) is 3.92. The van der Waals surface area contributed by atoms with Crippen molar-refractivity contribution in [2.45, 2.75) is 0 Å². The fourth-order valence-corrected chi connectivity index (χ4v) is 0.940. The predicted octanol–water partition coefficient (Wildman–Crippen LogP) is 0.746. The van der Waals surface area contributed by atoms with E-state index < -0.39 is 0 Å². The Morgan fingerprint density at radius 3 is 3.09 bits per heavy atom. The molecule has 2 heterocycles. The second kappa shape index (κ2) is 1.91. The van der Waals surface area contributed by atoms with E-state index in [1.807, 2.05) is 0 Å². The molecule has 56 valence electrons. The molecule has 0 amide bonds. The Hall–Kier alpha value is -1.65. The molecule has 0 aliphatic rings. The molecule has 0 fully saturated rings. The van der Waals surface area contributed by atoms with Gasteiger partial charge >= 0.3 is 0 Å². The zero-order chi connectivity index (χ0) is 7.84. The quantitative estimate of drug-likeness (QED) is 0.605. The standard InChI is InChI=1S/C6H5FN4/c7-11-6-4(5(8)10-11)2-1-3-9-6/h1-3H,(H2,8,10). The van der Waals surface area contributed by atoms with Crippen LogP contribution in [-0.4, -0.2) is 15.0 Å². The number of hydrogen-bond donors (Lipinski definition) is 1. The van der Waals surface area contributed by atoms with Crippen molar-refractivity contribution < 1.29 is 4.48 Å². The Morgan fingerprint density at radius 2 is 2.36 bits per heavy atom. The van der Waals surface area contributed by atoms with Gasteiger partial charge < -0.3 is 5.73 Å². The van der Waals surface area contributed by atoms with Crippen LogP contribution in [0.3, 0.4) is 0 Å². The second-order valence-corrected chi connectivity index (χ2v) is 2.12. The number of halogens is 1.